The molecule has 0 fully saturated rings. The molecule has 0 aliphatic heterocycles. The van der Waals surface area contributed by atoms with Crippen LogP contribution < -0.4 is 5.32 Å². The van der Waals surface area contributed by atoms with Crippen LogP contribution in [0.15, 0.2) is 31.0 Å². The lowest BCUT2D eigenvalue weighted by Gasteiger charge is -2.09. The van der Waals surface area contributed by atoms with Gasteiger partial charge >= 0.3 is 6.18 Å². The van der Waals surface area contributed by atoms with Crippen molar-refractivity contribution in [2.24, 2.45) is 0 Å². The van der Waals surface area contributed by atoms with Crippen LogP contribution in [0.1, 0.15) is 5.56 Å². The second kappa shape index (κ2) is 3.69. The second-order valence-electron chi connectivity index (χ2n) is 2.54. The van der Waals surface area contributed by atoms with Gasteiger partial charge < -0.3 is 5.32 Å². The monoisotopic (exact) mass is 205 g/mol. The summed E-state index contributed by atoms with van der Waals surface area (Å²) in [5.41, 5.74) is -1.14. The molecule has 76 valence electrons. The number of benzene rings is 1. The Morgan fingerprint density at radius 1 is 1.29 bits per heavy atom. The number of hydrogen-bond acceptors (Lipinski definition) is 1. The minimum Gasteiger partial charge on any atom is -0.362 e. The van der Waals surface area contributed by atoms with Gasteiger partial charge in [0.1, 0.15) is 5.82 Å². The van der Waals surface area contributed by atoms with Gasteiger partial charge in [-0.25, -0.2) is 4.39 Å². The van der Waals surface area contributed by atoms with Gasteiger partial charge in [-0.05, 0) is 24.4 Å². The van der Waals surface area contributed by atoms with Gasteiger partial charge in [0.25, 0.3) is 0 Å². The lowest BCUT2D eigenvalue weighted by Crippen LogP contribution is -2.08. The highest BCUT2D eigenvalue weighted by atomic mass is 19.4. The zero-order valence-corrected chi connectivity index (χ0v) is 7.03. The maximum absolute atomic E-state index is 12.7. The fraction of sp³-hybridized carbons (Fsp3) is 0.111. The van der Waals surface area contributed by atoms with E-state index in [1.54, 1.807) is 0 Å². The van der Waals surface area contributed by atoms with Gasteiger partial charge in [0.05, 0.1) is 5.56 Å². The number of nitrogens with one attached hydrogen (secondary N) is 1. The Kier molecular flexibility index (Phi) is 2.78. The molecule has 0 amide bonds. The van der Waals surface area contributed by atoms with Crippen LogP contribution in [0.3, 0.4) is 0 Å². The summed E-state index contributed by atoms with van der Waals surface area (Å²) in [6, 6.07) is 2.65. The standard InChI is InChI=1S/C9H7F4N/c1-2-14-6-3-4-8(10)7(5-6)9(11,12)13/h2-5,14H,1H2. The van der Waals surface area contributed by atoms with Crippen molar-refractivity contribution >= 4 is 5.69 Å². The Labute approximate surface area is 78.0 Å². The molecule has 14 heavy (non-hydrogen) atoms. The van der Waals surface area contributed by atoms with Crippen LogP contribution in [-0.2, 0) is 6.18 Å². The summed E-state index contributed by atoms with van der Waals surface area (Å²) < 4.78 is 49.3. The molecule has 1 rings (SSSR count). The molecule has 0 aromatic heterocycles. The van der Waals surface area contributed by atoms with Gasteiger partial charge in [-0.15, -0.1) is 0 Å². The molecule has 0 bridgehead atoms. The van der Waals surface area contributed by atoms with E-state index in [9.17, 15) is 17.6 Å². The van der Waals surface area contributed by atoms with Crippen molar-refractivity contribution in [3.63, 3.8) is 0 Å². The average molecular weight is 205 g/mol. The summed E-state index contributed by atoms with van der Waals surface area (Å²) in [6.45, 7) is 3.28. The van der Waals surface area contributed by atoms with E-state index in [1.807, 2.05) is 0 Å². The van der Waals surface area contributed by atoms with Crippen molar-refractivity contribution in [3.8, 4) is 0 Å². The third-order valence-electron chi connectivity index (χ3n) is 1.54. The summed E-state index contributed by atoms with van der Waals surface area (Å²) in [6.07, 6.45) is -3.46. The molecule has 0 saturated carbocycles. The van der Waals surface area contributed by atoms with Gasteiger partial charge in [-0.3, -0.25) is 0 Å². The highest BCUT2D eigenvalue weighted by Gasteiger charge is 2.34. The number of halogens is 4. The van der Waals surface area contributed by atoms with Gasteiger partial charge in [0, 0.05) is 5.69 Å². The maximum atomic E-state index is 12.7. The number of anilines is 1. The Balaban J connectivity index is 3.15. The van der Waals surface area contributed by atoms with Crippen LogP contribution in [0.4, 0.5) is 23.2 Å². The average Bonchev–Trinajstić information content (AvgIpc) is 2.07. The first-order valence-corrected chi connectivity index (χ1v) is 3.69. The zero-order valence-electron chi connectivity index (χ0n) is 7.03. The van der Waals surface area contributed by atoms with E-state index in [-0.39, 0.29) is 5.69 Å². The molecule has 0 aliphatic rings. The van der Waals surface area contributed by atoms with Crippen molar-refractivity contribution in [2.75, 3.05) is 5.32 Å². The Hall–Kier alpha value is -1.52. The molecule has 1 aromatic carbocycles. The first-order chi connectivity index (χ1) is 6.45. The Morgan fingerprint density at radius 2 is 1.93 bits per heavy atom. The third-order valence-corrected chi connectivity index (χ3v) is 1.54. The molecule has 0 radical (unpaired) electrons. The summed E-state index contributed by atoms with van der Waals surface area (Å²) in [5, 5.41) is 2.44. The maximum Gasteiger partial charge on any atom is 0.419 e. The molecule has 0 unspecified atom stereocenters. The fourth-order valence-corrected chi connectivity index (χ4v) is 0.950. The molecule has 1 nitrogen and oxygen atoms in total. The van der Waals surface area contributed by atoms with Crippen LogP contribution in [-0.4, -0.2) is 0 Å². The number of hydrogen-bond donors (Lipinski definition) is 1. The minimum absolute atomic E-state index is 0.147. The summed E-state index contributed by atoms with van der Waals surface area (Å²) in [5.74, 6) is -1.29. The van der Waals surface area contributed by atoms with Crippen molar-refractivity contribution in [2.45, 2.75) is 6.18 Å². The highest BCUT2D eigenvalue weighted by Crippen LogP contribution is 2.32. The molecule has 0 spiro atoms. The molecule has 0 aliphatic carbocycles. The quantitative estimate of drug-likeness (QED) is 0.729. The summed E-state index contributed by atoms with van der Waals surface area (Å²) in [7, 11) is 0. The van der Waals surface area contributed by atoms with Crippen LogP contribution in [0, 0.1) is 5.82 Å². The second-order valence-corrected chi connectivity index (χ2v) is 2.54. The Bertz CT molecular complexity index is 343. The summed E-state index contributed by atoms with van der Waals surface area (Å²) >= 11 is 0. The molecular formula is C9H7F4N. The topological polar surface area (TPSA) is 12.0 Å². The predicted molar refractivity (Wildman–Crippen MR) is 45.2 cm³/mol. The van der Waals surface area contributed by atoms with E-state index in [0.717, 1.165) is 6.07 Å². The first-order valence-electron chi connectivity index (χ1n) is 3.69. The highest BCUT2D eigenvalue weighted by molar-refractivity contribution is 5.48. The van der Waals surface area contributed by atoms with Crippen molar-refractivity contribution in [1.29, 1.82) is 0 Å². The lowest BCUT2D eigenvalue weighted by atomic mass is 10.2. The predicted octanol–water partition coefficient (Wildman–Crippen LogP) is 3.40. The minimum atomic E-state index is -4.68. The normalized spacial score (nSPS) is 11.1. The fourth-order valence-electron chi connectivity index (χ4n) is 0.950. The molecule has 5 heteroatoms. The van der Waals surface area contributed by atoms with Gasteiger partial charge in [0.2, 0.25) is 0 Å². The molecule has 0 saturated heterocycles. The third kappa shape index (κ3) is 2.25. The molecule has 1 N–H and O–H groups in total. The number of rotatable bonds is 2. The van der Waals surface area contributed by atoms with Gasteiger partial charge in [0.15, 0.2) is 0 Å². The van der Waals surface area contributed by atoms with Gasteiger partial charge in [-0.1, -0.05) is 6.58 Å². The van der Waals surface area contributed by atoms with E-state index in [1.165, 1.54) is 12.3 Å². The SMILES string of the molecule is C=CNc1ccc(F)c(C(F)(F)F)c1. The number of alkyl halides is 3. The Morgan fingerprint density at radius 3 is 2.43 bits per heavy atom. The molecule has 1 aromatic rings. The van der Waals surface area contributed by atoms with Crippen LogP contribution in [0.2, 0.25) is 0 Å². The summed E-state index contributed by atoms with van der Waals surface area (Å²) in [4.78, 5) is 0. The van der Waals surface area contributed by atoms with Crippen molar-refractivity contribution in [1.82, 2.24) is 0 Å². The van der Waals surface area contributed by atoms with Crippen molar-refractivity contribution in [3.05, 3.63) is 42.4 Å². The van der Waals surface area contributed by atoms with Gasteiger partial charge in [-0.2, -0.15) is 13.2 Å². The van der Waals surface area contributed by atoms with E-state index in [0.29, 0.717) is 6.07 Å². The lowest BCUT2D eigenvalue weighted by molar-refractivity contribution is -0.139. The zero-order chi connectivity index (χ0) is 10.8. The smallest absolute Gasteiger partial charge is 0.362 e. The van der Waals surface area contributed by atoms with Crippen LogP contribution in [0.5, 0.6) is 0 Å². The van der Waals surface area contributed by atoms with Crippen LogP contribution >= 0.6 is 0 Å². The van der Waals surface area contributed by atoms with Crippen LogP contribution in [0.25, 0.3) is 0 Å². The largest absolute Gasteiger partial charge is 0.419 e. The van der Waals surface area contributed by atoms with E-state index in [4.69, 9.17) is 0 Å². The molecular weight excluding hydrogens is 198 g/mol. The molecule has 0 atom stereocenters. The molecule has 0 heterocycles. The van der Waals surface area contributed by atoms with E-state index < -0.39 is 17.6 Å². The van der Waals surface area contributed by atoms with E-state index in [2.05, 4.69) is 11.9 Å². The van der Waals surface area contributed by atoms with Crippen molar-refractivity contribution < 1.29 is 17.6 Å². The van der Waals surface area contributed by atoms with E-state index >= 15 is 0 Å². The first kappa shape index (κ1) is 10.6.